The van der Waals surface area contributed by atoms with Crippen molar-refractivity contribution in [2.45, 2.75) is 25.8 Å². The molecule has 4 N–H and O–H groups in total. The van der Waals surface area contributed by atoms with E-state index in [-0.39, 0.29) is 6.04 Å². The van der Waals surface area contributed by atoms with Crippen LogP contribution in [0.4, 0.5) is 5.82 Å². The molecule has 70 valence electrons. The number of nitrogens with two attached hydrogens (primary N) is 2. The lowest BCUT2D eigenvalue weighted by atomic mass is 10.0. The highest BCUT2D eigenvalue weighted by Gasteiger charge is 2.30. The molecule has 13 heavy (non-hydrogen) atoms. The second-order valence-electron chi connectivity index (χ2n) is 3.77. The summed E-state index contributed by atoms with van der Waals surface area (Å²) < 4.78 is 0. The number of hydrogen-bond acceptors (Lipinski definition) is 3. The summed E-state index contributed by atoms with van der Waals surface area (Å²) in [6, 6.07) is 3.98. The molecule has 0 aromatic carbocycles. The first-order chi connectivity index (χ1) is 6.18. The van der Waals surface area contributed by atoms with Crippen LogP contribution in [0.15, 0.2) is 12.1 Å². The summed E-state index contributed by atoms with van der Waals surface area (Å²) in [5.41, 5.74) is 13.8. The van der Waals surface area contributed by atoms with Gasteiger partial charge in [0.15, 0.2) is 0 Å². The summed E-state index contributed by atoms with van der Waals surface area (Å²) in [5.74, 6) is 1.24. The standard InChI is InChI=1S/C10H15N3/c1-6-8(4-5-9(11)13-6)10(12)7-2-3-7/h4-5,7,10H,2-3,12H2,1H3,(H2,11,13)/t10-/m0/s1. The molecule has 0 spiro atoms. The number of nitrogens with zero attached hydrogens (tertiary/aromatic N) is 1. The maximum atomic E-state index is 6.07. The molecule has 0 amide bonds. The van der Waals surface area contributed by atoms with Crippen LogP contribution in [0, 0.1) is 12.8 Å². The molecule has 1 aliphatic rings. The summed E-state index contributed by atoms with van der Waals surface area (Å²) in [7, 11) is 0. The van der Waals surface area contributed by atoms with Gasteiger partial charge in [-0.2, -0.15) is 0 Å². The number of aryl methyl sites for hydroxylation is 1. The molecular formula is C10H15N3. The van der Waals surface area contributed by atoms with Crippen molar-refractivity contribution in [2.24, 2.45) is 11.7 Å². The van der Waals surface area contributed by atoms with Crippen LogP contribution in [0.1, 0.15) is 30.1 Å². The molecule has 1 fully saturated rings. The average Bonchev–Trinajstić information content (AvgIpc) is 2.85. The first-order valence-electron chi connectivity index (χ1n) is 4.67. The van der Waals surface area contributed by atoms with Crippen molar-refractivity contribution < 1.29 is 0 Å². The fourth-order valence-corrected chi connectivity index (χ4v) is 1.65. The highest BCUT2D eigenvalue weighted by molar-refractivity contribution is 5.35. The Hall–Kier alpha value is -1.09. The average molecular weight is 177 g/mol. The van der Waals surface area contributed by atoms with Crippen molar-refractivity contribution in [3.8, 4) is 0 Å². The SMILES string of the molecule is Cc1nc(N)ccc1[C@@H](N)C1CC1. The lowest BCUT2D eigenvalue weighted by molar-refractivity contribution is 0.626. The van der Waals surface area contributed by atoms with Gasteiger partial charge in [0.25, 0.3) is 0 Å². The van der Waals surface area contributed by atoms with E-state index in [4.69, 9.17) is 11.5 Å². The third-order valence-electron chi connectivity index (χ3n) is 2.64. The maximum Gasteiger partial charge on any atom is 0.123 e. The number of aromatic nitrogens is 1. The van der Waals surface area contributed by atoms with E-state index in [0.717, 1.165) is 11.3 Å². The van der Waals surface area contributed by atoms with E-state index >= 15 is 0 Å². The Balaban J connectivity index is 2.28. The molecule has 1 heterocycles. The number of rotatable bonds is 2. The van der Waals surface area contributed by atoms with Gasteiger partial charge >= 0.3 is 0 Å². The Bertz CT molecular complexity index is 318. The Morgan fingerprint density at radius 2 is 2.15 bits per heavy atom. The monoisotopic (exact) mass is 177 g/mol. The zero-order chi connectivity index (χ0) is 9.42. The first-order valence-corrected chi connectivity index (χ1v) is 4.67. The van der Waals surface area contributed by atoms with Gasteiger partial charge in [0.2, 0.25) is 0 Å². The largest absolute Gasteiger partial charge is 0.384 e. The van der Waals surface area contributed by atoms with Crippen LogP contribution < -0.4 is 11.5 Å². The quantitative estimate of drug-likeness (QED) is 0.717. The van der Waals surface area contributed by atoms with Crippen LogP contribution in [0.5, 0.6) is 0 Å². The van der Waals surface area contributed by atoms with Crippen LogP contribution in [0.2, 0.25) is 0 Å². The fraction of sp³-hybridized carbons (Fsp3) is 0.500. The highest BCUT2D eigenvalue weighted by atomic mass is 14.8. The summed E-state index contributed by atoms with van der Waals surface area (Å²) in [4.78, 5) is 4.20. The molecule has 0 aliphatic heterocycles. The van der Waals surface area contributed by atoms with Crippen molar-refractivity contribution in [1.82, 2.24) is 4.98 Å². The van der Waals surface area contributed by atoms with Gasteiger partial charge < -0.3 is 11.5 Å². The summed E-state index contributed by atoms with van der Waals surface area (Å²) in [6.45, 7) is 1.97. The molecule has 1 atom stereocenters. The molecule has 0 bridgehead atoms. The van der Waals surface area contributed by atoms with E-state index in [1.165, 1.54) is 12.8 Å². The fourth-order valence-electron chi connectivity index (χ4n) is 1.65. The van der Waals surface area contributed by atoms with E-state index in [0.29, 0.717) is 11.7 Å². The second-order valence-corrected chi connectivity index (χ2v) is 3.77. The normalized spacial score (nSPS) is 18.6. The lowest BCUT2D eigenvalue weighted by Crippen LogP contribution is -2.14. The molecular weight excluding hydrogens is 162 g/mol. The number of nitrogen functional groups attached to an aromatic ring is 1. The zero-order valence-electron chi connectivity index (χ0n) is 7.83. The van der Waals surface area contributed by atoms with Gasteiger partial charge in [-0.05, 0) is 37.3 Å². The van der Waals surface area contributed by atoms with E-state index in [1.807, 2.05) is 19.1 Å². The first kappa shape index (κ1) is 8.51. The number of pyridine rings is 1. The lowest BCUT2D eigenvalue weighted by Gasteiger charge is -2.13. The second kappa shape index (κ2) is 3.00. The van der Waals surface area contributed by atoms with Crippen molar-refractivity contribution >= 4 is 5.82 Å². The van der Waals surface area contributed by atoms with Crippen LogP contribution in [-0.2, 0) is 0 Å². The maximum absolute atomic E-state index is 6.07. The zero-order valence-corrected chi connectivity index (χ0v) is 7.83. The van der Waals surface area contributed by atoms with Crippen LogP contribution >= 0.6 is 0 Å². The minimum atomic E-state index is 0.160. The third kappa shape index (κ3) is 1.65. The van der Waals surface area contributed by atoms with Gasteiger partial charge in [0.05, 0.1) is 0 Å². The van der Waals surface area contributed by atoms with Gasteiger partial charge in [-0.25, -0.2) is 4.98 Å². The molecule has 0 unspecified atom stereocenters. The smallest absolute Gasteiger partial charge is 0.123 e. The van der Waals surface area contributed by atoms with Gasteiger partial charge in [0, 0.05) is 11.7 Å². The number of hydrogen-bond donors (Lipinski definition) is 2. The Morgan fingerprint density at radius 1 is 1.46 bits per heavy atom. The number of anilines is 1. The Labute approximate surface area is 78.1 Å². The molecule has 1 aliphatic carbocycles. The van der Waals surface area contributed by atoms with Crippen molar-refractivity contribution in [3.05, 3.63) is 23.4 Å². The topological polar surface area (TPSA) is 64.9 Å². The predicted octanol–water partition coefficient (Wildman–Crippen LogP) is 1.38. The molecule has 3 nitrogen and oxygen atoms in total. The Morgan fingerprint density at radius 3 is 2.69 bits per heavy atom. The minimum Gasteiger partial charge on any atom is -0.384 e. The molecule has 0 saturated heterocycles. The van der Waals surface area contributed by atoms with E-state index in [9.17, 15) is 0 Å². The summed E-state index contributed by atoms with van der Waals surface area (Å²) in [6.07, 6.45) is 2.51. The van der Waals surface area contributed by atoms with E-state index in [1.54, 1.807) is 0 Å². The van der Waals surface area contributed by atoms with Crippen molar-refractivity contribution in [2.75, 3.05) is 5.73 Å². The molecule has 3 heteroatoms. The van der Waals surface area contributed by atoms with Crippen molar-refractivity contribution in [1.29, 1.82) is 0 Å². The molecule has 2 rings (SSSR count). The van der Waals surface area contributed by atoms with Gasteiger partial charge in [-0.3, -0.25) is 0 Å². The minimum absolute atomic E-state index is 0.160. The van der Waals surface area contributed by atoms with E-state index in [2.05, 4.69) is 4.98 Å². The van der Waals surface area contributed by atoms with Crippen LogP contribution in [0.25, 0.3) is 0 Å². The molecule has 1 aromatic rings. The van der Waals surface area contributed by atoms with Crippen molar-refractivity contribution in [3.63, 3.8) is 0 Å². The van der Waals surface area contributed by atoms with Gasteiger partial charge in [-0.1, -0.05) is 6.07 Å². The molecule has 1 aromatic heterocycles. The van der Waals surface area contributed by atoms with Gasteiger partial charge in [0.1, 0.15) is 5.82 Å². The van der Waals surface area contributed by atoms with Gasteiger partial charge in [-0.15, -0.1) is 0 Å². The third-order valence-corrected chi connectivity index (χ3v) is 2.64. The summed E-state index contributed by atoms with van der Waals surface area (Å²) >= 11 is 0. The predicted molar refractivity (Wildman–Crippen MR) is 53.0 cm³/mol. The van der Waals surface area contributed by atoms with Crippen LogP contribution in [-0.4, -0.2) is 4.98 Å². The van der Waals surface area contributed by atoms with Crippen LogP contribution in [0.3, 0.4) is 0 Å². The Kier molecular flexibility index (Phi) is 1.96. The highest BCUT2D eigenvalue weighted by Crippen LogP contribution is 2.39. The summed E-state index contributed by atoms with van der Waals surface area (Å²) in [5, 5.41) is 0. The molecule has 1 saturated carbocycles. The van der Waals surface area contributed by atoms with E-state index < -0.39 is 0 Å². The molecule has 0 radical (unpaired) electrons.